The Labute approximate surface area is 178 Å². The summed E-state index contributed by atoms with van der Waals surface area (Å²) in [4.78, 5) is 20.0. The van der Waals surface area contributed by atoms with Gasteiger partial charge in [0.05, 0.1) is 16.5 Å². The highest BCUT2D eigenvalue weighted by atomic mass is 19.4. The Morgan fingerprint density at radius 1 is 1.09 bits per heavy atom. The Balaban J connectivity index is 1.53. The van der Waals surface area contributed by atoms with Crippen LogP contribution in [0.2, 0.25) is 0 Å². The molecule has 0 atom stereocenters. The van der Waals surface area contributed by atoms with Gasteiger partial charge < -0.3 is 8.98 Å². The maximum absolute atomic E-state index is 14.7. The van der Waals surface area contributed by atoms with Crippen LogP contribution in [0, 0.1) is 12.7 Å². The van der Waals surface area contributed by atoms with Crippen LogP contribution in [0.4, 0.5) is 17.6 Å². The molecule has 11 heteroatoms. The summed E-state index contributed by atoms with van der Waals surface area (Å²) in [7, 11) is 0. The third kappa shape index (κ3) is 4.51. The van der Waals surface area contributed by atoms with Crippen molar-refractivity contribution >= 4 is 10.8 Å². The van der Waals surface area contributed by atoms with Crippen molar-refractivity contribution in [3.63, 3.8) is 0 Å². The average Bonchev–Trinajstić information content (AvgIpc) is 3.17. The summed E-state index contributed by atoms with van der Waals surface area (Å²) in [5.41, 5.74) is -1.48. The Morgan fingerprint density at radius 2 is 1.84 bits per heavy atom. The second-order valence-electron chi connectivity index (χ2n) is 7.20. The van der Waals surface area contributed by atoms with E-state index < -0.39 is 17.6 Å². The number of nitrogens with zero attached hydrogens (tertiary/aromatic N) is 5. The molecule has 32 heavy (non-hydrogen) atoms. The summed E-state index contributed by atoms with van der Waals surface area (Å²) in [5, 5.41) is 8.27. The number of alkyl halides is 3. The number of rotatable bonds is 6. The number of aryl methyl sites for hydroxylation is 3. The lowest BCUT2D eigenvalue weighted by molar-refractivity contribution is -0.138. The predicted molar refractivity (Wildman–Crippen MR) is 106 cm³/mol. The summed E-state index contributed by atoms with van der Waals surface area (Å²) in [5.74, 6) is 0.0407. The molecule has 1 aromatic carbocycles. The van der Waals surface area contributed by atoms with Crippen LogP contribution in [0.15, 0.2) is 46.0 Å². The lowest BCUT2D eigenvalue weighted by Gasteiger charge is -2.10. The first kappa shape index (κ1) is 21.6. The largest absolute Gasteiger partial charge is 0.426 e. The smallest absolute Gasteiger partial charge is 0.419 e. The first-order valence-corrected chi connectivity index (χ1v) is 9.73. The maximum atomic E-state index is 14.7. The molecule has 7 nitrogen and oxygen atoms in total. The van der Waals surface area contributed by atoms with E-state index in [4.69, 9.17) is 4.42 Å². The molecule has 0 saturated carbocycles. The molecule has 0 unspecified atom stereocenters. The highest BCUT2D eigenvalue weighted by Crippen LogP contribution is 2.29. The van der Waals surface area contributed by atoms with Gasteiger partial charge in [0.25, 0.3) is 5.56 Å². The summed E-state index contributed by atoms with van der Waals surface area (Å²) in [6.45, 7) is 2.13. The third-order valence-corrected chi connectivity index (χ3v) is 4.89. The predicted octanol–water partition coefficient (Wildman–Crippen LogP) is 4.33. The molecular formula is C21H17F4N5O2. The zero-order chi connectivity index (χ0) is 22.9. The van der Waals surface area contributed by atoms with Gasteiger partial charge in [-0.05, 0) is 36.4 Å². The van der Waals surface area contributed by atoms with E-state index in [1.165, 1.54) is 10.6 Å². The molecule has 0 spiro atoms. The number of fused-ring (bicyclic) bond motifs is 1. The van der Waals surface area contributed by atoms with Crippen LogP contribution in [-0.2, 0) is 19.1 Å². The van der Waals surface area contributed by atoms with E-state index in [-0.39, 0.29) is 22.3 Å². The molecule has 0 N–H and O–H groups in total. The van der Waals surface area contributed by atoms with Crippen LogP contribution >= 0.6 is 0 Å². The topological polar surface area (TPSA) is 86.7 Å². The van der Waals surface area contributed by atoms with Crippen molar-refractivity contribution in [2.45, 2.75) is 38.9 Å². The molecule has 0 aliphatic heterocycles. The number of pyridine rings is 1. The minimum Gasteiger partial charge on any atom is -0.426 e. The van der Waals surface area contributed by atoms with Crippen molar-refractivity contribution in [3.05, 3.63) is 70.3 Å². The fourth-order valence-corrected chi connectivity index (χ4v) is 3.26. The summed E-state index contributed by atoms with van der Waals surface area (Å²) in [6, 6.07) is 4.06. The number of hydrogen-bond acceptors (Lipinski definition) is 6. The first-order valence-electron chi connectivity index (χ1n) is 9.73. The molecule has 0 aliphatic rings. The van der Waals surface area contributed by atoms with Crippen molar-refractivity contribution in [2.24, 2.45) is 0 Å². The lowest BCUT2D eigenvalue weighted by Crippen LogP contribution is -2.19. The van der Waals surface area contributed by atoms with E-state index in [0.717, 1.165) is 12.5 Å². The van der Waals surface area contributed by atoms with Crippen molar-refractivity contribution in [1.29, 1.82) is 0 Å². The molecule has 0 saturated heterocycles. The monoisotopic (exact) mass is 447 g/mol. The second kappa shape index (κ2) is 8.48. The maximum Gasteiger partial charge on any atom is 0.419 e. The Morgan fingerprint density at radius 3 is 2.50 bits per heavy atom. The zero-order valence-electron chi connectivity index (χ0n) is 16.9. The van der Waals surface area contributed by atoms with Gasteiger partial charge >= 0.3 is 6.18 Å². The second-order valence-corrected chi connectivity index (χ2v) is 7.20. The van der Waals surface area contributed by atoms with E-state index in [0.29, 0.717) is 48.9 Å². The number of aromatic nitrogens is 5. The Bertz CT molecular complexity index is 1310. The van der Waals surface area contributed by atoms with E-state index in [2.05, 4.69) is 20.2 Å². The standard InChI is InChI=1S/C21H17F4N5O2/c1-12-28-29-18(32-12)4-2-3-6-30-7-5-13-8-16(17(22)9-15(13)20(30)31)19-26-10-14(11-27-19)21(23,24)25/h5,7-11H,2-4,6H2,1H3. The molecular weight excluding hydrogens is 430 g/mol. The van der Waals surface area contributed by atoms with E-state index in [1.807, 2.05) is 0 Å². The fourth-order valence-electron chi connectivity index (χ4n) is 3.26. The fraction of sp³-hybridized carbons (Fsp3) is 0.286. The average molecular weight is 447 g/mol. The van der Waals surface area contributed by atoms with Crippen molar-refractivity contribution < 1.29 is 22.0 Å². The minimum atomic E-state index is -4.59. The summed E-state index contributed by atoms with van der Waals surface area (Å²) in [6.07, 6.45) is 0.192. The van der Waals surface area contributed by atoms with Crippen LogP contribution in [0.1, 0.15) is 30.2 Å². The molecule has 0 fully saturated rings. The van der Waals surface area contributed by atoms with E-state index >= 15 is 0 Å². The normalized spacial score (nSPS) is 11.9. The van der Waals surface area contributed by atoms with Crippen molar-refractivity contribution in [2.75, 3.05) is 0 Å². The van der Waals surface area contributed by atoms with Crippen LogP contribution in [-0.4, -0.2) is 24.7 Å². The van der Waals surface area contributed by atoms with Gasteiger partial charge in [-0.15, -0.1) is 10.2 Å². The Kier molecular flexibility index (Phi) is 5.72. The van der Waals surface area contributed by atoms with Gasteiger partial charge in [0.2, 0.25) is 11.8 Å². The highest BCUT2D eigenvalue weighted by Gasteiger charge is 2.31. The first-order chi connectivity index (χ1) is 15.2. The van der Waals surface area contributed by atoms with Gasteiger partial charge in [0.1, 0.15) is 5.82 Å². The molecule has 3 aromatic heterocycles. The number of benzene rings is 1. The van der Waals surface area contributed by atoms with Crippen molar-refractivity contribution in [3.8, 4) is 11.4 Å². The van der Waals surface area contributed by atoms with Crippen LogP contribution in [0.25, 0.3) is 22.2 Å². The molecule has 4 rings (SSSR count). The summed E-state index contributed by atoms with van der Waals surface area (Å²) < 4.78 is 59.5. The van der Waals surface area contributed by atoms with Crippen LogP contribution in [0.5, 0.6) is 0 Å². The molecule has 4 aromatic rings. The highest BCUT2D eigenvalue weighted by molar-refractivity contribution is 5.85. The minimum absolute atomic E-state index is 0.0850. The molecule has 0 aliphatic carbocycles. The van der Waals surface area contributed by atoms with Crippen LogP contribution < -0.4 is 5.56 Å². The van der Waals surface area contributed by atoms with E-state index in [1.54, 1.807) is 19.2 Å². The van der Waals surface area contributed by atoms with Gasteiger partial charge in [0, 0.05) is 38.5 Å². The SMILES string of the molecule is Cc1nnc(CCCCn2ccc3cc(-c4ncc(C(F)(F)F)cn4)c(F)cc3c2=O)o1. The third-order valence-electron chi connectivity index (χ3n) is 4.89. The quantitative estimate of drug-likeness (QED) is 0.323. The number of hydrogen-bond donors (Lipinski definition) is 0. The number of unbranched alkanes of at least 4 members (excludes halogenated alkanes) is 1. The van der Waals surface area contributed by atoms with Crippen LogP contribution in [0.3, 0.4) is 0 Å². The zero-order valence-corrected chi connectivity index (χ0v) is 16.9. The molecule has 0 amide bonds. The van der Waals surface area contributed by atoms with Crippen molar-refractivity contribution in [1.82, 2.24) is 24.7 Å². The number of halogens is 4. The van der Waals surface area contributed by atoms with E-state index in [9.17, 15) is 22.4 Å². The van der Waals surface area contributed by atoms with Gasteiger partial charge in [-0.1, -0.05) is 0 Å². The molecule has 3 heterocycles. The van der Waals surface area contributed by atoms with Gasteiger partial charge in [0.15, 0.2) is 5.82 Å². The molecule has 0 radical (unpaired) electrons. The molecule has 166 valence electrons. The Hall–Kier alpha value is -3.63. The van der Waals surface area contributed by atoms with Gasteiger partial charge in [-0.3, -0.25) is 4.79 Å². The molecule has 0 bridgehead atoms. The lowest BCUT2D eigenvalue weighted by atomic mass is 10.1. The summed E-state index contributed by atoms with van der Waals surface area (Å²) >= 11 is 0. The van der Waals surface area contributed by atoms with Gasteiger partial charge in [-0.2, -0.15) is 13.2 Å². The van der Waals surface area contributed by atoms with Gasteiger partial charge in [-0.25, -0.2) is 14.4 Å².